The summed E-state index contributed by atoms with van der Waals surface area (Å²) in [5, 5.41) is 19.1. The number of nitrogens with zero attached hydrogens (tertiary/aromatic N) is 1. The molecule has 1 saturated heterocycles. The van der Waals surface area contributed by atoms with Crippen LogP contribution in [-0.2, 0) is 30.4 Å². The molecular weight excluding hydrogens is 810 g/mol. The summed E-state index contributed by atoms with van der Waals surface area (Å²) < 4.78 is 31.7. The van der Waals surface area contributed by atoms with Gasteiger partial charge in [-0.1, -0.05) is 94.4 Å². The maximum absolute atomic E-state index is 14.1. The van der Waals surface area contributed by atoms with Crippen LogP contribution in [0.15, 0.2) is 72.8 Å². The Hall–Kier alpha value is -6.10. The number of carbonyl (C=O) groups is 7. The molecule has 3 aromatic rings. The average molecular weight is 865 g/mol. The van der Waals surface area contributed by atoms with Crippen molar-refractivity contribution >= 4 is 46.9 Å². The highest BCUT2D eigenvalue weighted by atomic mass is 19.4. The number of nitrogens with two attached hydrogens (primary N) is 1. The van der Waals surface area contributed by atoms with Crippen molar-refractivity contribution in [1.29, 1.82) is 0 Å². The molecule has 1 fully saturated rings. The second-order valence-corrected chi connectivity index (χ2v) is 16.2. The summed E-state index contributed by atoms with van der Waals surface area (Å²) in [5.41, 5.74) is 9.06. The van der Waals surface area contributed by atoms with Crippen molar-refractivity contribution < 1.29 is 51.8 Å². The van der Waals surface area contributed by atoms with E-state index < -0.39 is 48.1 Å². The molecule has 5 rings (SSSR count). The average Bonchev–Trinajstić information content (AvgIpc) is 3.72. The van der Waals surface area contributed by atoms with Gasteiger partial charge in [0.15, 0.2) is 11.6 Å². The number of hydrogen-bond donors (Lipinski definition) is 6. The first-order valence-corrected chi connectivity index (χ1v) is 20.6. The molecule has 0 radical (unpaired) electrons. The van der Waals surface area contributed by atoms with Gasteiger partial charge in [0.25, 0.3) is 0 Å². The van der Waals surface area contributed by atoms with E-state index in [2.05, 4.69) is 21.3 Å². The minimum absolute atomic E-state index is 0.0524. The lowest BCUT2D eigenvalue weighted by atomic mass is 9.83. The Balaban J connectivity index is 0.00000111. The smallest absolute Gasteiger partial charge is 0.475 e. The lowest BCUT2D eigenvalue weighted by Crippen LogP contribution is -2.58. The molecule has 1 aliphatic heterocycles. The van der Waals surface area contributed by atoms with Crippen LogP contribution >= 0.6 is 0 Å². The second kappa shape index (κ2) is 22.1. The summed E-state index contributed by atoms with van der Waals surface area (Å²) in [7, 11) is 0. The van der Waals surface area contributed by atoms with E-state index in [4.69, 9.17) is 15.6 Å². The normalized spacial score (nSPS) is 16.0. The molecular formula is C45H55F3N6O8. The molecule has 7 N–H and O–H groups in total. The van der Waals surface area contributed by atoms with E-state index in [9.17, 15) is 41.9 Å². The van der Waals surface area contributed by atoms with Crippen molar-refractivity contribution in [1.82, 2.24) is 20.9 Å². The standard InChI is InChI=1S/C43H54N6O6.C2HF3O2/c1-26(2)23-32(44)40(52)47-34(25-28-13-6-5-7-14-28)41(53)48-35(24-27(3)4)43(55)49-22-11-19-36(49)42(54)46-21-12-20-45-33-18-10-17-31-37(33)39(51)30-16-9-8-15-29(30)38(31)50;3-2(4,5)1(6)7/h5-10,13-18,26-27,32,34-36,45H,11-12,19-25,44H2,1-4H3,(H,46,54)(H,47,52)(H,48,53);(H,6,7)/t32-,34-,35-,36?;/m0./s1. The highest BCUT2D eigenvalue weighted by Gasteiger charge is 2.40. The first-order valence-electron chi connectivity index (χ1n) is 20.6. The molecule has 1 heterocycles. The Kier molecular flexibility index (Phi) is 17.3. The molecule has 1 aliphatic carbocycles. The van der Waals surface area contributed by atoms with E-state index in [1.165, 1.54) is 0 Å². The van der Waals surface area contributed by atoms with Gasteiger partial charge in [-0.25, -0.2) is 4.79 Å². The van der Waals surface area contributed by atoms with Crippen molar-refractivity contribution in [3.05, 3.63) is 101 Å². The van der Waals surface area contributed by atoms with Crippen molar-refractivity contribution in [2.75, 3.05) is 25.0 Å². The predicted octanol–water partition coefficient (Wildman–Crippen LogP) is 4.64. The van der Waals surface area contributed by atoms with Gasteiger partial charge in [0.1, 0.15) is 18.1 Å². The third kappa shape index (κ3) is 13.2. The molecule has 2 aliphatic rings. The number of anilines is 1. The van der Waals surface area contributed by atoms with Crippen LogP contribution in [0.2, 0.25) is 0 Å². The number of amides is 4. The van der Waals surface area contributed by atoms with Crippen molar-refractivity contribution in [2.45, 2.75) is 96.6 Å². The van der Waals surface area contributed by atoms with Crippen LogP contribution < -0.4 is 27.0 Å². The van der Waals surface area contributed by atoms with Gasteiger partial charge in [-0.2, -0.15) is 13.2 Å². The highest BCUT2D eigenvalue weighted by molar-refractivity contribution is 6.30. The van der Waals surface area contributed by atoms with Gasteiger partial charge in [0, 0.05) is 48.4 Å². The van der Waals surface area contributed by atoms with Crippen LogP contribution in [-0.4, -0.2) is 101 Å². The number of likely N-dealkylation sites (tertiary alicyclic amines) is 1. The summed E-state index contributed by atoms with van der Waals surface area (Å²) >= 11 is 0. The van der Waals surface area contributed by atoms with Crippen LogP contribution in [0.1, 0.15) is 97.2 Å². The topological polar surface area (TPSA) is 217 Å². The van der Waals surface area contributed by atoms with E-state index in [0.29, 0.717) is 79.7 Å². The fraction of sp³-hybridized carbons (Fsp3) is 0.444. The Bertz CT molecular complexity index is 2090. The van der Waals surface area contributed by atoms with E-state index >= 15 is 0 Å². The van der Waals surface area contributed by atoms with Gasteiger partial charge >= 0.3 is 12.1 Å². The molecule has 4 amide bonds. The SMILES string of the molecule is CC(C)C[C@H](NC(=O)[C@H](Cc1ccccc1)NC(=O)[C@@H](N)CC(C)C)C(=O)N1CCCC1C(=O)NCCCNc1cccc2c1C(=O)c1ccccc1C2=O.O=C(O)C(F)(F)F. The van der Waals surface area contributed by atoms with E-state index in [0.717, 1.165) is 5.56 Å². The van der Waals surface area contributed by atoms with Crippen LogP contribution in [0.3, 0.4) is 0 Å². The number of hydrogen-bond acceptors (Lipinski definition) is 9. The zero-order valence-electron chi connectivity index (χ0n) is 35.2. The number of carboxylic acid groups (broad SMARTS) is 1. The first-order chi connectivity index (χ1) is 29.3. The van der Waals surface area contributed by atoms with Crippen molar-refractivity contribution in [2.24, 2.45) is 17.6 Å². The number of benzene rings is 3. The fourth-order valence-electron chi connectivity index (χ4n) is 7.35. The first kappa shape index (κ1) is 48.6. The molecule has 0 saturated carbocycles. The number of ketones is 2. The second-order valence-electron chi connectivity index (χ2n) is 16.2. The van der Waals surface area contributed by atoms with E-state index in [1.54, 1.807) is 47.4 Å². The molecule has 4 atom stereocenters. The van der Waals surface area contributed by atoms with Crippen LogP contribution in [0.25, 0.3) is 0 Å². The Morgan fingerprint density at radius 1 is 0.774 bits per heavy atom. The van der Waals surface area contributed by atoms with Crippen LogP contribution in [0.4, 0.5) is 18.9 Å². The van der Waals surface area contributed by atoms with Gasteiger partial charge in [-0.3, -0.25) is 28.8 Å². The van der Waals surface area contributed by atoms with Gasteiger partial charge in [0.2, 0.25) is 23.6 Å². The number of carboxylic acids is 1. The number of fused-ring (bicyclic) bond motifs is 2. The van der Waals surface area contributed by atoms with Crippen molar-refractivity contribution in [3.8, 4) is 0 Å². The number of nitrogens with one attached hydrogen (secondary N) is 4. The molecule has 1 unspecified atom stereocenters. The Labute approximate surface area is 358 Å². The number of aliphatic carboxylic acids is 1. The minimum atomic E-state index is -5.08. The van der Waals surface area contributed by atoms with E-state index in [-0.39, 0.29) is 41.6 Å². The lowest BCUT2D eigenvalue weighted by Gasteiger charge is -2.31. The van der Waals surface area contributed by atoms with Gasteiger partial charge < -0.3 is 37.0 Å². The van der Waals surface area contributed by atoms with Crippen molar-refractivity contribution in [3.63, 3.8) is 0 Å². The molecule has 0 bridgehead atoms. The third-order valence-electron chi connectivity index (χ3n) is 10.3. The zero-order chi connectivity index (χ0) is 45.7. The summed E-state index contributed by atoms with van der Waals surface area (Å²) in [5.74, 6) is -4.44. The minimum Gasteiger partial charge on any atom is -0.475 e. The molecule has 0 aromatic heterocycles. The summed E-state index contributed by atoms with van der Waals surface area (Å²) in [6.45, 7) is 8.99. The predicted molar refractivity (Wildman–Crippen MR) is 225 cm³/mol. The number of rotatable bonds is 17. The number of carbonyl (C=O) groups excluding carboxylic acids is 6. The molecule has 62 heavy (non-hydrogen) atoms. The quantitative estimate of drug-likeness (QED) is 0.0809. The monoisotopic (exact) mass is 864 g/mol. The Morgan fingerprint density at radius 2 is 1.35 bits per heavy atom. The Morgan fingerprint density at radius 3 is 1.97 bits per heavy atom. The molecule has 0 spiro atoms. The van der Waals surface area contributed by atoms with Gasteiger partial charge in [0.05, 0.1) is 11.6 Å². The fourth-order valence-corrected chi connectivity index (χ4v) is 7.35. The lowest BCUT2D eigenvalue weighted by molar-refractivity contribution is -0.192. The summed E-state index contributed by atoms with van der Waals surface area (Å²) in [6, 6.07) is 18.0. The summed E-state index contributed by atoms with van der Waals surface area (Å²) in [4.78, 5) is 91.4. The molecule has 334 valence electrons. The maximum Gasteiger partial charge on any atom is 0.490 e. The third-order valence-corrected chi connectivity index (χ3v) is 10.3. The molecule has 17 heteroatoms. The summed E-state index contributed by atoms with van der Waals surface area (Å²) in [6.07, 6.45) is -2.40. The maximum atomic E-state index is 14.1. The molecule has 14 nitrogen and oxygen atoms in total. The molecule has 3 aromatic carbocycles. The van der Waals surface area contributed by atoms with Crippen LogP contribution in [0, 0.1) is 11.8 Å². The van der Waals surface area contributed by atoms with E-state index in [1.807, 2.05) is 58.0 Å². The largest absolute Gasteiger partial charge is 0.490 e. The van der Waals surface area contributed by atoms with Gasteiger partial charge in [-0.05, 0) is 55.6 Å². The number of alkyl halides is 3. The zero-order valence-corrected chi connectivity index (χ0v) is 35.2. The number of halogens is 3. The highest BCUT2D eigenvalue weighted by Crippen LogP contribution is 2.32. The van der Waals surface area contributed by atoms with Crippen LogP contribution in [0.5, 0.6) is 0 Å². The van der Waals surface area contributed by atoms with Gasteiger partial charge in [-0.15, -0.1) is 0 Å².